The van der Waals surface area contributed by atoms with Gasteiger partial charge in [-0.25, -0.2) is 0 Å². The largest absolute Gasteiger partial charge is 0.157 e. The van der Waals surface area contributed by atoms with E-state index in [9.17, 15) is 0 Å². The molecule has 0 spiro atoms. The van der Waals surface area contributed by atoms with Crippen molar-refractivity contribution in [3.63, 3.8) is 0 Å². The second-order valence-corrected chi connectivity index (χ2v) is 10.5. The fourth-order valence-electron chi connectivity index (χ4n) is 1.51. The van der Waals surface area contributed by atoms with Crippen LogP contribution < -0.4 is 0 Å². The second kappa shape index (κ2) is 9.07. The van der Waals surface area contributed by atoms with Gasteiger partial charge in [0.1, 0.15) is 0 Å². The van der Waals surface area contributed by atoms with Gasteiger partial charge in [-0.05, 0) is 48.5 Å². The summed E-state index contributed by atoms with van der Waals surface area (Å²) in [5, 5.41) is 0. The molecule has 112 valence electrons. The van der Waals surface area contributed by atoms with Crippen molar-refractivity contribution >= 4 is 81.7 Å². The van der Waals surface area contributed by atoms with Crippen LogP contribution >= 0.6 is 81.7 Å². The summed E-state index contributed by atoms with van der Waals surface area (Å²) in [6, 6.07) is 16.3. The van der Waals surface area contributed by atoms with Crippen LogP contribution in [0.2, 0.25) is 0 Å². The predicted molar refractivity (Wildman–Crippen MR) is 99.7 cm³/mol. The van der Waals surface area contributed by atoms with Crippen LogP contribution in [0, 0.1) is 0 Å². The molecule has 2 aromatic carbocycles. The monoisotopic (exact) mass is 414 g/mol. The molecule has 7 heteroatoms. The van der Waals surface area contributed by atoms with Crippen LogP contribution in [-0.4, -0.2) is 8.34 Å². The lowest BCUT2D eigenvalue weighted by Crippen LogP contribution is -1.80. The van der Waals surface area contributed by atoms with Crippen LogP contribution in [0.3, 0.4) is 0 Å². The average molecular weight is 416 g/mol. The molecule has 2 aromatic rings. The fraction of sp³-hybridized carbons (Fsp3) is 0.143. The number of thioether (sulfide) groups is 2. The van der Waals surface area contributed by atoms with Crippen molar-refractivity contribution in [1.82, 2.24) is 0 Å². The number of hydrogen-bond donors (Lipinski definition) is 0. The highest BCUT2D eigenvalue weighted by Crippen LogP contribution is 2.34. The summed E-state index contributed by atoms with van der Waals surface area (Å²) in [4.78, 5) is 4.42. The van der Waals surface area contributed by atoms with E-state index in [-0.39, 0.29) is 0 Å². The van der Waals surface area contributed by atoms with Crippen molar-refractivity contribution < 1.29 is 0 Å². The Hall–Kier alpha value is 0.650. The van der Waals surface area contributed by atoms with Crippen LogP contribution in [0.15, 0.2) is 68.1 Å². The van der Waals surface area contributed by atoms with Crippen molar-refractivity contribution in [2.24, 2.45) is 0 Å². The van der Waals surface area contributed by atoms with E-state index in [1.54, 1.807) is 11.8 Å². The quantitative estimate of drug-likeness (QED) is 0.353. The van der Waals surface area contributed by atoms with E-state index in [0.29, 0.717) is 0 Å². The lowest BCUT2D eigenvalue weighted by molar-refractivity contribution is 1.32. The Morgan fingerprint density at radius 1 is 0.524 bits per heavy atom. The maximum absolute atomic E-state index is 5.73. The first-order valence-corrected chi connectivity index (χ1v) is 10.1. The molecule has 0 aliphatic rings. The molecular weight excluding hydrogens is 406 g/mol. The molecule has 0 aliphatic carbocycles. The highest BCUT2D eigenvalue weighted by atomic mass is 35.5. The zero-order valence-corrected chi connectivity index (χ0v) is 16.0. The van der Waals surface area contributed by atoms with E-state index in [1.165, 1.54) is 23.5 Å². The molecule has 21 heavy (non-hydrogen) atoms. The smallest absolute Gasteiger partial charge is 0.0928 e. The number of alkyl halides is 4. The van der Waals surface area contributed by atoms with Gasteiger partial charge in [0.2, 0.25) is 0 Å². The Bertz CT molecular complexity index is 504. The highest BCUT2D eigenvalue weighted by molar-refractivity contribution is 8.02. The minimum Gasteiger partial charge on any atom is -0.0928 e. The van der Waals surface area contributed by atoms with Gasteiger partial charge >= 0.3 is 0 Å². The van der Waals surface area contributed by atoms with Gasteiger partial charge < -0.3 is 0 Å². The first kappa shape index (κ1) is 18.0. The Morgan fingerprint density at radius 2 is 0.810 bits per heavy atom. The summed E-state index contributed by atoms with van der Waals surface area (Å²) in [5.74, 6) is 0. The first-order valence-electron chi connectivity index (χ1n) is 5.80. The van der Waals surface area contributed by atoms with Crippen molar-refractivity contribution in [1.29, 1.82) is 0 Å². The molecule has 0 atom stereocenters. The zero-order valence-electron chi connectivity index (χ0n) is 10.5. The first-order chi connectivity index (χ1) is 10.0. The molecule has 0 N–H and O–H groups in total. The molecule has 0 heterocycles. The minimum atomic E-state index is -0.443. The van der Waals surface area contributed by atoms with Crippen LogP contribution in [0.1, 0.15) is 0 Å². The number of hydrogen-bond acceptors (Lipinski definition) is 3. The normalized spacial score (nSPS) is 11.3. The summed E-state index contributed by atoms with van der Waals surface area (Å²) >= 11 is 27.5. The van der Waals surface area contributed by atoms with Crippen molar-refractivity contribution in [2.75, 3.05) is 0 Å². The summed E-state index contributed by atoms with van der Waals surface area (Å²) in [6.45, 7) is 0. The van der Waals surface area contributed by atoms with Gasteiger partial charge in [-0.2, -0.15) is 0 Å². The van der Waals surface area contributed by atoms with Crippen molar-refractivity contribution in [3.05, 3.63) is 48.5 Å². The number of halogens is 4. The number of rotatable bonds is 6. The van der Waals surface area contributed by atoms with E-state index in [0.717, 1.165) is 19.6 Å². The molecular formula is C14H10Cl4S3. The fourth-order valence-corrected chi connectivity index (χ4v) is 4.56. The van der Waals surface area contributed by atoms with E-state index < -0.39 is 8.34 Å². The van der Waals surface area contributed by atoms with Gasteiger partial charge in [0.15, 0.2) is 8.34 Å². The third kappa shape index (κ3) is 6.74. The van der Waals surface area contributed by atoms with E-state index >= 15 is 0 Å². The predicted octanol–water partition coefficient (Wildman–Crippen LogP) is 7.54. The van der Waals surface area contributed by atoms with Gasteiger partial charge in [-0.15, -0.1) is 0 Å². The lowest BCUT2D eigenvalue weighted by Gasteiger charge is -2.06. The number of benzene rings is 2. The van der Waals surface area contributed by atoms with Gasteiger partial charge in [-0.3, -0.25) is 0 Å². The SMILES string of the molecule is ClC(Cl)Sc1ccc(Sc2ccc(SC(Cl)Cl)cc2)cc1. The summed E-state index contributed by atoms with van der Waals surface area (Å²) < 4.78 is -0.887. The van der Waals surface area contributed by atoms with Crippen LogP contribution in [0.5, 0.6) is 0 Å². The Balaban J connectivity index is 1.97. The topological polar surface area (TPSA) is 0 Å². The third-order valence-corrected chi connectivity index (χ3v) is 5.86. The van der Waals surface area contributed by atoms with Crippen molar-refractivity contribution in [2.45, 2.75) is 27.9 Å². The van der Waals surface area contributed by atoms with Gasteiger partial charge in [-0.1, -0.05) is 81.7 Å². The molecule has 0 bridgehead atoms. The summed E-state index contributed by atoms with van der Waals surface area (Å²) in [6.07, 6.45) is 0. The zero-order chi connectivity index (χ0) is 15.2. The minimum absolute atomic E-state index is 0.443. The van der Waals surface area contributed by atoms with Crippen LogP contribution in [0.25, 0.3) is 0 Å². The van der Waals surface area contributed by atoms with Gasteiger partial charge in [0, 0.05) is 19.6 Å². The van der Waals surface area contributed by atoms with E-state index in [2.05, 4.69) is 24.3 Å². The average Bonchev–Trinajstić information content (AvgIpc) is 2.42. The van der Waals surface area contributed by atoms with E-state index in [4.69, 9.17) is 46.4 Å². The molecule has 0 saturated heterocycles. The summed E-state index contributed by atoms with van der Waals surface area (Å²) in [5.41, 5.74) is 0. The molecule has 0 aromatic heterocycles. The third-order valence-electron chi connectivity index (χ3n) is 2.33. The van der Waals surface area contributed by atoms with Gasteiger partial charge in [0.25, 0.3) is 0 Å². The molecule has 0 unspecified atom stereocenters. The molecule has 0 radical (unpaired) electrons. The maximum Gasteiger partial charge on any atom is 0.157 e. The second-order valence-electron chi connectivity index (χ2n) is 3.80. The Morgan fingerprint density at radius 3 is 1.10 bits per heavy atom. The Kier molecular flexibility index (Phi) is 7.77. The maximum atomic E-state index is 5.73. The molecule has 0 aliphatic heterocycles. The van der Waals surface area contributed by atoms with Gasteiger partial charge in [0.05, 0.1) is 0 Å². The molecule has 0 amide bonds. The molecule has 0 fully saturated rings. The highest BCUT2D eigenvalue weighted by Gasteiger charge is 2.04. The Labute approximate surface area is 157 Å². The van der Waals surface area contributed by atoms with Crippen LogP contribution in [0.4, 0.5) is 0 Å². The lowest BCUT2D eigenvalue weighted by atomic mass is 10.4. The summed E-state index contributed by atoms with van der Waals surface area (Å²) in [7, 11) is 0. The van der Waals surface area contributed by atoms with E-state index in [1.807, 2.05) is 24.3 Å². The van der Waals surface area contributed by atoms with Crippen molar-refractivity contribution in [3.8, 4) is 0 Å². The molecule has 0 saturated carbocycles. The molecule has 2 rings (SSSR count). The van der Waals surface area contributed by atoms with Crippen LogP contribution in [-0.2, 0) is 0 Å². The molecule has 0 nitrogen and oxygen atoms in total. The standard InChI is InChI=1S/C14H10Cl4S3/c15-13(16)20-11-5-1-9(2-6-11)19-10-3-7-12(8-4-10)21-14(17)18/h1-8,13-14H.